The van der Waals surface area contributed by atoms with E-state index in [-0.39, 0.29) is 112 Å². The number of hydrogen-bond acceptors (Lipinski definition) is 24. The van der Waals surface area contributed by atoms with Gasteiger partial charge in [-0.3, -0.25) is 82.1 Å². The van der Waals surface area contributed by atoms with Crippen molar-refractivity contribution < 1.29 is 102 Å². The minimum Gasteiger partial charge on any atom is -0.508 e. The summed E-state index contributed by atoms with van der Waals surface area (Å²) in [5.41, 5.74) is 13.0. The van der Waals surface area contributed by atoms with Gasteiger partial charge in [-0.25, -0.2) is 4.98 Å². The van der Waals surface area contributed by atoms with Gasteiger partial charge >= 0.3 is 0 Å². The number of phenolic OH excluding ortho intramolecular Hbond substituents is 4. The number of hydrogen-bond donors (Lipinski definition) is 25. The average Bonchev–Trinajstić information content (AvgIpc) is 1.03. The van der Waals surface area contributed by atoms with Crippen LogP contribution in [0.1, 0.15) is 107 Å². The molecule has 0 saturated carbocycles. The van der Waals surface area contributed by atoms with Crippen LogP contribution in [0, 0.1) is 23.2 Å². The Morgan fingerprint density at radius 2 is 0.803 bits per heavy atom. The van der Waals surface area contributed by atoms with Crippen LogP contribution in [0.3, 0.4) is 0 Å². The highest BCUT2D eigenvalue weighted by Gasteiger charge is 2.39. The number of aromatic hydroxyl groups is 4. The molecule has 6 aromatic rings. The Labute approximate surface area is 765 Å². The van der Waals surface area contributed by atoms with E-state index in [1.54, 1.807) is 71.9 Å². The van der Waals surface area contributed by atoms with Gasteiger partial charge in [0, 0.05) is 57.0 Å². The van der Waals surface area contributed by atoms with Gasteiger partial charge in [0.15, 0.2) is 5.96 Å². The van der Waals surface area contributed by atoms with Crippen molar-refractivity contribution in [3.05, 3.63) is 173 Å². The predicted molar refractivity (Wildman–Crippen MR) is 483 cm³/mol. The molecular formula is C89H119N21O21S. The molecule has 1 aliphatic heterocycles. The number of aliphatic hydroxyl groups excluding tert-OH is 1. The second-order valence-corrected chi connectivity index (χ2v) is 33.7. The first kappa shape index (κ1) is 105. The Kier molecular flexibility index (Phi) is 42.0. The first-order valence-corrected chi connectivity index (χ1v) is 44.1. The predicted octanol–water partition coefficient (Wildman–Crippen LogP) is -3.22. The molecule has 1 aliphatic rings. The van der Waals surface area contributed by atoms with Gasteiger partial charge in [0.25, 0.3) is 0 Å². The van der Waals surface area contributed by atoms with Gasteiger partial charge in [0.1, 0.15) is 95.5 Å². The molecule has 1 saturated heterocycles. The van der Waals surface area contributed by atoms with Gasteiger partial charge in [0.2, 0.25) is 94.5 Å². The standard InChI is InChI=1S/C89H119N21O21S/c1-7-50(6)76-88(131)108-68(38-55-21-29-60(115)30-22-55)84(127)106-67(37-54-19-27-59(114)28-20-54)83(126)105-66(34-51-12-9-8-10-13-51)85(128)109-70(44-111)87(130)103-63(33-49(4)5)81(124)104-64(35-52-15-23-57(112)24-16-52)78(121)97-42-73(117)99-61(14-11-31-94-89(91)92)80(123)102-62(32-48(2)3)77(120)96-43-74(118)101-71(79(122)95-41-72(90)116)45-132-46-75(119)100-65(36-53-17-25-58(113)26-18-53)82(125)107-69(86(129)110-76)39-56-40-93-47-98-56/h8-10,12-13,15-30,40,47-50,61-71,76,111-115H,7,11,14,31-39,41-46H2,1-6H3,(H2,90,116)(H,93,98)(H,95,122)(H,96,120)(H,97,121)(H,99,117)(H,100,119)(H,101,118)(H,102,123)(H,103,130)(H,104,124)(H,105,126)(H,106,127)(H,107,125)(H,108,131)(H,109,128)(H,110,129)(H4,91,92,94)/t50-,61-,62-,63-,64-,65-,66-,67-,68-,69-,70-,71-,76-/m0/s1. The van der Waals surface area contributed by atoms with Crippen molar-refractivity contribution in [2.75, 3.05) is 44.3 Å². The molecule has 13 atom stereocenters. The molecule has 0 unspecified atom stereocenters. The van der Waals surface area contributed by atoms with Crippen LogP contribution in [0.5, 0.6) is 23.0 Å². The second-order valence-electron chi connectivity index (χ2n) is 32.7. The number of imidazole rings is 1. The van der Waals surface area contributed by atoms with Crippen molar-refractivity contribution in [2.45, 2.75) is 185 Å². The molecule has 1 aromatic heterocycles. The van der Waals surface area contributed by atoms with E-state index >= 15 is 19.2 Å². The molecule has 7 rings (SSSR count). The van der Waals surface area contributed by atoms with Crippen molar-refractivity contribution in [1.82, 2.24) is 95.0 Å². The van der Waals surface area contributed by atoms with Crippen LogP contribution < -0.4 is 96.5 Å². The Bertz CT molecular complexity index is 4920. The summed E-state index contributed by atoms with van der Waals surface area (Å²) in [6, 6.07) is 11.1. The molecule has 43 heteroatoms. The zero-order chi connectivity index (χ0) is 96.7. The van der Waals surface area contributed by atoms with Crippen LogP contribution in [0.4, 0.5) is 0 Å². The SMILES string of the molecule is CC[C@H](C)[C@@H]1NC(=O)[C@H](Cc2c[nH]cn2)NC(=O)[C@H](Cc2ccc(O)cc2)NC(=O)CSC[C@@H](C(=O)NCC(N)=O)NC(=O)CNC(=O)[C@H](CC(C)C)NC(=O)[C@H](CCCNC(=N)N)NC(=O)CNC(=O)[C@H](Cc2ccc(O)cc2)NC(=O)[C@H](CC(C)C)NC(=O)[C@H](CO)NC(=O)[C@H](Cc2ccccc2)NC(=O)[C@H](Cc2ccc(O)cc2)NC(=O)[C@H](Cc2ccc(O)cc2)NC1=O. The lowest BCUT2D eigenvalue weighted by Gasteiger charge is -2.30. The fraction of sp³-hybridized carbons (Fsp3) is 0.438. The molecule has 27 N–H and O–H groups in total. The summed E-state index contributed by atoms with van der Waals surface area (Å²) in [7, 11) is 0. The van der Waals surface area contributed by atoms with E-state index < -0.39 is 223 Å². The number of rotatable bonds is 26. The van der Waals surface area contributed by atoms with Crippen molar-refractivity contribution in [3.63, 3.8) is 0 Å². The van der Waals surface area contributed by atoms with Gasteiger partial charge in [0.05, 0.1) is 44.0 Å². The summed E-state index contributed by atoms with van der Waals surface area (Å²) in [5, 5.41) is 101. The lowest BCUT2D eigenvalue weighted by atomic mass is 9.96. The van der Waals surface area contributed by atoms with Gasteiger partial charge in [-0.15, -0.1) is 11.8 Å². The maximum Gasteiger partial charge on any atom is 0.245 e. The minimum atomic E-state index is -1.88. The average molecular weight is 1850 g/mol. The number of aromatic amines is 1. The van der Waals surface area contributed by atoms with E-state index in [2.05, 4.69) is 95.0 Å². The van der Waals surface area contributed by atoms with E-state index in [0.717, 1.165) is 11.8 Å². The summed E-state index contributed by atoms with van der Waals surface area (Å²) >= 11 is 0.756. The number of benzene rings is 5. The molecular weight excluding hydrogens is 1730 g/mol. The second kappa shape index (κ2) is 52.9. The summed E-state index contributed by atoms with van der Waals surface area (Å²) in [4.78, 5) is 238. The van der Waals surface area contributed by atoms with E-state index in [1.807, 2.05) is 0 Å². The molecule has 16 amide bonds. The van der Waals surface area contributed by atoms with Crippen molar-refractivity contribution in [1.29, 1.82) is 5.41 Å². The number of amides is 16. The minimum absolute atomic E-state index is 0.00751. The number of thioether (sulfide) groups is 1. The van der Waals surface area contributed by atoms with Crippen LogP contribution in [-0.4, -0.2) is 253 Å². The molecule has 5 aromatic carbocycles. The normalized spacial score (nSPS) is 22.2. The zero-order valence-electron chi connectivity index (χ0n) is 73.9. The zero-order valence-corrected chi connectivity index (χ0v) is 74.8. The van der Waals surface area contributed by atoms with E-state index in [0.29, 0.717) is 27.8 Å². The molecule has 132 heavy (non-hydrogen) atoms. The number of primary amides is 1. The maximum absolute atomic E-state index is 15.4. The number of aliphatic hydroxyl groups is 1. The molecule has 0 radical (unpaired) electrons. The Balaban J connectivity index is 1.30. The van der Waals surface area contributed by atoms with Crippen LogP contribution >= 0.6 is 11.8 Å². The molecule has 0 spiro atoms. The lowest BCUT2D eigenvalue weighted by molar-refractivity contribution is -0.136. The highest BCUT2D eigenvalue weighted by molar-refractivity contribution is 8.00. The third kappa shape index (κ3) is 36.3. The monoisotopic (exact) mass is 1850 g/mol. The van der Waals surface area contributed by atoms with E-state index in [9.17, 15) is 83.1 Å². The Hall–Kier alpha value is -14.4. The van der Waals surface area contributed by atoms with Crippen molar-refractivity contribution in [3.8, 4) is 23.0 Å². The first-order chi connectivity index (χ1) is 62.8. The molecule has 0 aliphatic carbocycles. The number of H-pyrrole nitrogens is 1. The maximum atomic E-state index is 15.4. The molecule has 2 heterocycles. The molecule has 712 valence electrons. The fourth-order valence-corrected chi connectivity index (χ4v) is 14.6. The largest absolute Gasteiger partial charge is 0.508 e. The lowest BCUT2D eigenvalue weighted by Crippen LogP contribution is -2.62. The molecule has 1 fully saturated rings. The quantitative estimate of drug-likeness (QED) is 0.0144. The first-order valence-electron chi connectivity index (χ1n) is 42.9. The number of guanidine groups is 1. The van der Waals surface area contributed by atoms with Gasteiger partial charge in [-0.1, -0.05) is 127 Å². The Morgan fingerprint density at radius 3 is 1.23 bits per heavy atom. The number of phenols is 4. The van der Waals surface area contributed by atoms with Gasteiger partial charge < -0.3 is 127 Å². The van der Waals surface area contributed by atoms with E-state index in [4.69, 9.17) is 16.9 Å². The summed E-state index contributed by atoms with van der Waals surface area (Å²) in [5.74, 6) is -19.4. The van der Waals surface area contributed by atoms with Crippen LogP contribution in [0.15, 0.2) is 140 Å². The van der Waals surface area contributed by atoms with Gasteiger partial charge in [-0.2, -0.15) is 0 Å². The van der Waals surface area contributed by atoms with Crippen molar-refractivity contribution in [2.24, 2.45) is 29.2 Å². The number of aromatic nitrogens is 2. The Morgan fingerprint density at radius 1 is 0.439 bits per heavy atom. The summed E-state index contributed by atoms with van der Waals surface area (Å²) in [6.45, 7) is 6.62. The molecule has 42 nitrogen and oxygen atoms in total. The number of carbonyl (C=O) groups is 16. The van der Waals surface area contributed by atoms with Crippen LogP contribution in [0.25, 0.3) is 0 Å². The highest BCUT2D eigenvalue weighted by Crippen LogP contribution is 2.21. The number of nitrogens with zero attached hydrogens (tertiary/aromatic N) is 1. The molecule has 0 bridgehead atoms. The summed E-state index contributed by atoms with van der Waals surface area (Å²) in [6.07, 6.45) is 0.610. The number of carbonyl (C=O) groups excluding carboxylic acids is 16. The van der Waals surface area contributed by atoms with Crippen LogP contribution in [-0.2, 0) is 115 Å². The third-order valence-corrected chi connectivity index (χ3v) is 22.0. The topological polar surface area (TPSA) is 671 Å². The van der Waals surface area contributed by atoms with Crippen LogP contribution in [0.2, 0.25) is 0 Å². The number of nitrogens with two attached hydrogens (primary N) is 2. The highest BCUT2D eigenvalue weighted by atomic mass is 32.2. The van der Waals surface area contributed by atoms with Crippen molar-refractivity contribution >= 4 is 112 Å². The fourth-order valence-electron chi connectivity index (χ4n) is 13.8. The van der Waals surface area contributed by atoms with E-state index in [1.165, 1.54) is 110 Å². The smallest absolute Gasteiger partial charge is 0.245 e. The van der Waals surface area contributed by atoms with Gasteiger partial charge in [-0.05, 0) is 120 Å². The summed E-state index contributed by atoms with van der Waals surface area (Å²) < 4.78 is 0. The third-order valence-electron chi connectivity index (χ3n) is 21.0. The number of nitrogens with one attached hydrogen (secondary N) is 18.